The molecule has 0 aromatic carbocycles. The van der Waals surface area contributed by atoms with Gasteiger partial charge < -0.3 is 38.1 Å². The van der Waals surface area contributed by atoms with Gasteiger partial charge in [-0.05, 0) is 42.5 Å². The Kier molecular flexibility index (Phi) is 16.1. The molecule has 0 unspecified atom stereocenters. The normalized spacial score (nSPS) is 9.38. The van der Waals surface area contributed by atoms with Crippen molar-refractivity contribution in [3.05, 3.63) is 153 Å². The Hall–Kier alpha value is -7.81. The highest BCUT2D eigenvalue weighted by atomic mass is 16.4. The second-order valence-corrected chi connectivity index (χ2v) is 9.08. The molecule has 15 nitrogen and oxygen atoms in total. The van der Waals surface area contributed by atoms with E-state index in [0.717, 1.165) is 42.7 Å². The number of carbonyl (C=O) groups is 7. The van der Waals surface area contributed by atoms with E-state index < -0.39 is 63.5 Å². The number of allylic oxidation sites excluding steroid dienone is 6. The summed E-state index contributed by atoms with van der Waals surface area (Å²) in [4.78, 5) is 77.9. The predicted molar refractivity (Wildman–Crippen MR) is 184 cm³/mol. The Bertz CT molecular complexity index is 1940. The molecule has 4 aromatic heterocycles. The minimum atomic E-state index is -0.719. The molecular weight excluding hydrogens is 684 g/mol. The number of rotatable bonds is 14. The van der Waals surface area contributed by atoms with Crippen LogP contribution in [0.25, 0.3) is 6.08 Å². The van der Waals surface area contributed by atoms with Crippen LogP contribution in [0.3, 0.4) is 0 Å². The topological polar surface area (TPSA) is 253 Å². The molecule has 15 heteroatoms. The molecule has 0 amide bonds. The number of hydrogen-bond donors (Lipinski definition) is 4. The number of aldehydes is 1. The van der Waals surface area contributed by atoms with Crippen LogP contribution in [0.2, 0.25) is 0 Å². The van der Waals surface area contributed by atoms with Crippen molar-refractivity contribution in [2.45, 2.75) is 0 Å². The lowest BCUT2D eigenvalue weighted by Gasteiger charge is -1.92. The molecule has 0 radical (unpaired) electrons. The Morgan fingerprint density at radius 1 is 0.538 bits per heavy atom. The van der Waals surface area contributed by atoms with Gasteiger partial charge in [-0.2, -0.15) is 0 Å². The van der Waals surface area contributed by atoms with Crippen molar-refractivity contribution in [1.29, 1.82) is 0 Å². The first kappa shape index (κ1) is 42.2. The molecule has 0 spiro atoms. The molecule has 4 heterocycles. The monoisotopic (exact) mass is 714 g/mol. The molecule has 0 fully saturated rings. The minimum Gasteiger partial charge on any atom is -0.505 e. The standard InChI is InChI=1S/C12H10O4.C11H8O5.C10H8O4.C4H4O2/c1-4-7(13)10-9(6-3)16-12(11(10)15)8(14)5-2;1-3-6(13)9-8(5-12)16-11(10(9)15)7(14)4-2;1-3-7(11)6-5-14-10(9(6)13)8(12)4-2;5-4-1-2-6-3-4/h4-6,15H,1-3H2;3-5,15H,1-2H2;3-5,13H,1-2H2;1-3,5H. The summed E-state index contributed by atoms with van der Waals surface area (Å²) >= 11 is 0. The molecule has 0 aliphatic carbocycles. The van der Waals surface area contributed by atoms with E-state index in [0.29, 0.717) is 0 Å². The van der Waals surface area contributed by atoms with Gasteiger partial charge in [0, 0.05) is 6.07 Å². The summed E-state index contributed by atoms with van der Waals surface area (Å²) in [5, 5.41) is 37.0. The van der Waals surface area contributed by atoms with Gasteiger partial charge in [-0.3, -0.25) is 33.6 Å². The van der Waals surface area contributed by atoms with Crippen molar-refractivity contribution >= 4 is 47.1 Å². The molecule has 4 rings (SSSR count). The SMILES string of the molecule is C=CC(=O)c1coc(C(=O)C=C)c1O.C=CC(=O)c1oc(C=C)c(C(=O)C=C)c1O.C=CC(=O)c1oc(C=O)c(C(=O)C=C)c1O.Oc1ccoc1. The number of furan rings is 4. The van der Waals surface area contributed by atoms with Crippen LogP contribution in [0.4, 0.5) is 0 Å². The molecule has 0 bridgehead atoms. The lowest BCUT2D eigenvalue weighted by atomic mass is 10.1. The van der Waals surface area contributed by atoms with Gasteiger partial charge in [0.15, 0.2) is 52.4 Å². The van der Waals surface area contributed by atoms with E-state index in [1.54, 1.807) is 0 Å². The van der Waals surface area contributed by atoms with Crippen LogP contribution in [0.15, 0.2) is 125 Å². The Morgan fingerprint density at radius 3 is 1.31 bits per heavy atom. The van der Waals surface area contributed by atoms with Gasteiger partial charge in [0.25, 0.3) is 0 Å². The van der Waals surface area contributed by atoms with E-state index in [1.165, 1.54) is 24.7 Å². The van der Waals surface area contributed by atoms with Crippen LogP contribution in [-0.2, 0) is 0 Å². The van der Waals surface area contributed by atoms with Crippen LogP contribution >= 0.6 is 0 Å². The molecule has 0 saturated heterocycles. The Labute approximate surface area is 294 Å². The van der Waals surface area contributed by atoms with Crippen LogP contribution in [0.1, 0.15) is 79.1 Å². The maximum atomic E-state index is 11.4. The lowest BCUT2D eigenvalue weighted by molar-refractivity contribution is 0.0999. The summed E-state index contributed by atoms with van der Waals surface area (Å²) < 4.78 is 19.0. The third-order valence-corrected chi connectivity index (χ3v) is 5.93. The van der Waals surface area contributed by atoms with Crippen molar-refractivity contribution in [2.24, 2.45) is 0 Å². The van der Waals surface area contributed by atoms with Crippen molar-refractivity contribution in [1.82, 2.24) is 0 Å². The van der Waals surface area contributed by atoms with Gasteiger partial charge in [0.2, 0.25) is 34.6 Å². The molecule has 0 atom stereocenters. The van der Waals surface area contributed by atoms with Crippen molar-refractivity contribution < 1.29 is 71.7 Å². The minimum absolute atomic E-state index is 0.0348. The maximum absolute atomic E-state index is 11.4. The first-order valence-electron chi connectivity index (χ1n) is 13.9. The zero-order valence-corrected chi connectivity index (χ0v) is 27.2. The van der Waals surface area contributed by atoms with Crippen LogP contribution in [-0.4, -0.2) is 61.4 Å². The lowest BCUT2D eigenvalue weighted by Crippen LogP contribution is -1.96. The number of carbonyl (C=O) groups excluding carboxylic acids is 7. The number of ketones is 6. The fourth-order valence-corrected chi connectivity index (χ4v) is 3.47. The third-order valence-electron chi connectivity index (χ3n) is 5.93. The molecule has 4 N–H and O–H groups in total. The third kappa shape index (κ3) is 10.1. The average molecular weight is 715 g/mol. The molecule has 52 heavy (non-hydrogen) atoms. The van der Waals surface area contributed by atoms with Crippen molar-refractivity contribution in [3.63, 3.8) is 0 Å². The van der Waals surface area contributed by atoms with E-state index in [2.05, 4.69) is 50.5 Å². The molecule has 4 aromatic rings. The van der Waals surface area contributed by atoms with Gasteiger partial charge in [-0.15, -0.1) is 0 Å². The molecule has 0 aliphatic heterocycles. The summed E-state index contributed by atoms with van der Waals surface area (Å²) in [5.74, 6) is -6.60. The van der Waals surface area contributed by atoms with Crippen molar-refractivity contribution in [2.75, 3.05) is 0 Å². The summed E-state index contributed by atoms with van der Waals surface area (Å²) in [6.07, 6.45) is 11.0. The number of aromatic hydroxyl groups is 4. The van der Waals surface area contributed by atoms with Gasteiger partial charge >= 0.3 is 0 Å². The smallest absolute Gasteiger partial charge is 0.224 e. The van der Waals surface area contributed by atoms with E-state index >= 15 is 0 Å². The van der Waals surface area contributed by atoms with Gasteiger partial charge in [-0.1, -0.05) is 46.1 Å². The second kappa shape index (κ2) is 19.9. The largest absolute Gasteiger partial charge is 0.505 e. The first-order chi connectivity index (χ1) is 24.6. The maximum Gasteiger partial charge on any atom is 0.224 e. The Morgan fingerprint density at radius 2 is 0.962 bits per heavy atom. The van der Waals surface area contributed by atoms with Gasteiger partial charge in [0.05, 0.1) is 6.26 Å². The molecule has 0 aliphatic rings. The zero-order valence-electron chi connectivity index (χ0n) is 27.2. The second-order valence-electron chi connectivity index (χ2n) is 9.08. The van der Waals surface area contributed by atoms with E-state index in [9.17, 15) is 48.9 Å². The van der Waals surface area contributed by atoms with Crippen LogP contribution < -0.4 is 0 Å². The first-order valence-corrected chi connectivity index (χ1v) is 13.9. The molecule has 0 saturated carbocycles. The summed E-state index contributed by atoms with van der Waals surface area (Å²) in [6.45, 7) is 22.8. The number of hydrogen-bond acceptors (Lipinski definition) is 15. The van der Waals surface area contributed by atoms with E-state index in [1.807, 2.05) is 0 Å². The Balaban J connectivity index is 0.000000361. The highest BCUT2D eigenvalue weighted by Gasteiger charge is 2.27. The highest BCUT2D eigenvalue weighted by Crippen LogP contribution is 2.32. The fourth-order valence-electron chi connectivity index (χ4n) is 3.47. The molecular formula is C37H30O15. The molecule has 268 valence electrons. The van der Waals surface area contributed by atoms with Crippen LogP contribution in [0, 0.1) is 0 Å². The average Bonchev–Trinajstić information content (AvgIpc) is 3.95. The van der Waals surface area contributed by atoms with E-state index in [4.69, 9.17) is 18.4 Å². The van der Waals surface area contributed by atoms with Gasteiger partial charge in [0.1, 0.15) is 35.0 Å². The summed E-state index contributed by atoms with van der Waals surface area (Å²) in [7, 11) is 0. The fraction of sp³-hybridized carbons (Fsp3) is 0. The van der Waals surface area contributed by atoms with Crippen LogP contribution in [0.5, 0.6) is 23.0 Å². The zero-order chi connectivity index (χ0) is 39.7. The quantitative estimate of drug-likeness (QED) is 0.0609. The highest BCUT2D eigenvalue weighted by molar-refractivity contribution is 6.15. The van der Waals surface area contributed by atoms with E-state index in [-0.39, 0.29) is 46.0 Å². The predicted octanol–water partition coefficient (Wildman–Crippen LogP) is 6.61. The van der Waals surface area contributed by atoms with Crippen molar-refractivity contribution in [3.8, 4) is 23.0 Å². The summed E-state index contributed by atoms with van der Waals surface area (Å²) in [6, 6.07) is 1.47. The van der Waals surface area contributed by atoms with Gasteiger partial charge in [-0.25, -0.2) is 0 Å². The summed E-state index contributed by atoms with van der Waals surface area (Å²) in [5.41, 5.74) is -0.560.